The predicted octanol–water partition coefficient (Wildman–Crippen LogP) is 2.77. The van der Waals surface area contributed by atoms with E-state index >= 15 is 0 Å². The van der Waals surface area contributed by atoms with E-state index in [1.807, 2.05) is 19.1 Å². The van der Waals surface area contributed by atoms with E-state index in [9.17, 15) is 13.2 Å². The molecule has 3 N–H and O–H groups in total. The van der Waals surface area contributed by atoms with Gasteiger partial charge >= 0.3 is 0 Å². The molecular formula is C17H16N4O3S. The number of rotatable bonds is 5. The lowest BCUT2D eigenvalue weighted by Crippen LogP contribution is -2.14. The Morgan fingerprint density at radius 1 is 1.00 bits per heavy atom. The van der Waals surface area contributed by atoms with Crippen molar-refractivity contribution in [3.8, 4) is 0 Å². The van der Waals surface area contributed by atoms with E-state index < -0.39 is 10.0 Å². The summed E-state index contributed by atoms with van der Waals surface area (Å²) in [5.41, 5.74) is 2.39. The smallest absolute Gasteiger partial charge is 0.261 e. The van der Waals surface area contributed by atoms with Crippen molar-refractivity contribution in [1.82, 2.24) is 10.2 Å². The minimum absolute atomic E-state index is 0.0768. The number of aromatic amines is 1. The highest BCUT2D eigenvalue weighted by atomic mass is 32.2. The fourth-order valence-corrected chi connectivity index (χ4v) is 3.20. The van der Waals surface area contributed by atoms with E-state index in [0.717, 1.165) is 5.56 Å². The summed E-state index contributed by atoms with van der Waals surface area (Å²) in [5.74, 6) is -0.350. The lowest BCUT2D eigenvalue weighted by molar-refractivity contribution is 0.102. The molecule has 0 bridgehead atoms. The van der Waals surface area contributed by atoms with E-state index in [0.29, 0.717) is 16.9 Å². The largest absolute Gasteiger partial charge is 0.319 e. The van der Waals surface area contributed by atoms with Gasteiger partial charge in [-0.1, -0.05) is 17.7 Å². The number of benzene rings is 2. The van der Waals surface area contributed by atoms with Crippen LogP contribution in [0.3, 0.4) is 0 Å². The van der Waals surface area contributed by atoms with Crippen molar-refractivity contribution in [2.75, 3.05) is 10.0 Å². The van der Waals surface area contributed by atoms with Gasteiger partial charge in [0.2, 0.25) is 0 Å². The van der Waals surface area contributed by atoms with E-state index in [2.05, 4.69) is 20.2 Å². The standard InChI is InChI=1S/C17H16N4O3S/c1-12-2-6-14(7-3-12)21-25(23,24)16-8-4-13(5-9-16)17(22)20-15-10-18-19-11-15/h2-11,21H,1H3,(H,18,19)(H,20,22). The molecular weight excluding hydrogens is 340 g/mol. The van der Waals surface area contributed by atoms with Crippen LogP contribution < -0.4 is 10.0 Å². The van der Waals surface area contributed by atoms with Crippen LogP contribution in [0.2, 0.25) is 0 Å². The van der Waals surface area contributed by atoms with Crippen molar-refractivity contribution in [2.45, 2.75) is 11.8 Å². The first kappa shape index (κ1) is 16.7. The Bertz CT molecular complexity index is 964. The Labute approximate surface area is 145 Å². The molecule has 0 aliphatic heterocycles. The molecule has 0 atom stereocenters. The van der Waals surface area contributed by atoms with Gasteiger partial charge in [-0.2, -0.15) is 5.10 Å². The molecule has 0 aliphatic carbocycles. The van der Waals surface area contributed by atoms with Crippen molar-refractivity contribution in [3.05, 3.63) is 72.1 Å². The van der Waals surface area contributed by atoms with Crippen molar-refractivity contribution >= 4 is 27.3 Å². The molecule has 0 saturated carbocycles. The number of aromatic nitrogens is 2. The highest BCUT2D eigenvalue weighted by Crippen LogP contribution is 2.17. The zero-order chi connectivity index (χ0) is 17.9. The van der Waals surface area contributed by atoms with Crippen LogP contribution in [0.25, 0.3) is 0 Å². The lowest BCUT2D eigenvalue weighted by Gasteiger charge is -2.09. The minimum atomic E-state index is -3.72. The summed E-state index contributed by atoms with van der Waals surface area (Å²) in [6.07, 6.45) is 3.02. The number of hydrogen-bond acceptors (Lipinski definition) is 4. The Morgan fingerprint density at radius 3 is 2.28 bits per heavy atom. The molecule has 0 fully saturated rings. The predicted molar refractivity (Wildman–Crippen MR) is 95.0 cm³/mol. The molecule has 1 aromatic heterocycles. The quantitative estimate of drug-likeness (QED) is 0.654. The van der Waals surface area contributed by atoms with Crippen molar-refractivity contribution in [2.24, 2.45) is 0 Å². The fraction of sp³-hybridized carbons (Fsp3) is 0.0588. The summed E-state index contributed by atoms with van der Waals surface area (Å²) in [4.78, 5) is 12.2. The summed E-state index contributed by atoms with van der Waals surface area (Å²) >= 11 is 0. The van der Waals surface area contributed by atoms with Gasteiger partial charge in [0, 0.05) is 17.4 Å². The molecule has 0 radical (unpaired) electrons. The number of nitrogens with zero attached hydrogens (tertiary/aromatic N) is 1. The van der Waals surface area contributed by atoms with Crippen LogP contribution in [-0.2, 0) is 10.0 Å². The van der Waals surface area contributed by atoms with Crippen LogP contribution in [0.15, 0.2) is 65.8 Å². The number of amides is 1. The van der Waals surface area contributed by atoms with E-state index in [4.69, 9.17) is 0 Å². The van der Waals surface area contributed by atoms with Gasteiger partial charge < -0.3 is 5.32 Å². The highest BCUT2D eigenvalue weighted by molar-refractivity contribution is 7.92. The fourth-order valence-electron chi connectivity index (χ4n) is 2.14. The zero-order valence-electron chi connectivity index (χ0n) is 13.4. The summed E-state index contributed by atoms with van der Waals surface area (Å²) in [6, 6.07) is 12.7. The number of carbonyl (C=O) groups excluding carboxylic acids is 1. The number of aryl methyl sites for hydroxylation is 1. The van der Waals surface area contributed by atoms with Crippen LogP contribution in [-0.4, -0.2) is 24.5 Å². The Balaban J connectivity index is 1.74. The van der Waals surface area contributed by atoms with E-state index in [1.54, 1.807) is 18.3 Å². The molecule has 3 aromatic rings. The number of sulfonamides is 1. The molecule has 7 nitrogen and oxygen atoms in total. The maximum Gasteiger partial charge on any atom is 0.261 e. The van der Waals surface area contributed by atoms with Crippen LogP contribution in [0.4, 0.5) is 11.4 Å². The van der Waals surface area contributed by atoms with Crippen LogP contribution >= 0.6 is 0 Å². The third-order valence-electron chi connectivity index (χ3n) is 3.49. The molecule has 25 heavy (non-hydrogen) atoms. The Morgan fingerprint density at radius 2 is 1.68 bits per heavy atom. The van der Waals surface area contributed by atoms with Crippen LogP contribution in [0.1, 0.15) is 15.9 Å². The lowest BCUT2D eigenvalue weighted by atomic mass is 10.2. The van der Waals surface area contributed by atoms with Crippen LogP contribution in [0.5, 0.6) is 0 Å². The van der Waals surface area contributed by atoms with Crippen molar-refractivity contribution < 1.29 is 13.2 Å². The molecule has 1 heterocycles. The summed E-state index contributed by atoms with van der Waals surface area (Å²) in [6.45, 7) is 1.92. The third kappa shape index (κ3) is 4.04. The number of hydrogen-bond donors (Lipinski definition) is 3. The number of nitrogens with one attached hydrogen (secondary N) is 3. The first-order valence-corrected chi connectivity index (χ1v) is 8.92. The van der Waals surface area contributed by atoms with Crippen LogP contribution in [0, 0.1) is 6.92 Å². The minimum Gasteiger partial charge on any atom is -0.319 e. The highest BCUT2D eigenvalue weighted by Gasteiger charge is 2.15. The third-order valence-corrected chi connectivity index (χ3v) is 4.88. The second kappa shape index (κ2) is 6.78. The van der Waals surface area contributed by atoms with Gasteiger partial charge in [-0.15, -0.1) is 0 Å². The van der Waals surface area contributed by atoms with Crippen molar-refractivity contribution in [1.29, 1.82) is 0 Å². The van der Waals surface area contributed by atoms with Crippen molar-refractivity contribution in [3.63, 3.8) is 0 Å². The average Bonchev–Trinajstić information content (AvgIpc) is 3.10. The maximum absolute atomic E-state index is 12.4. The SMILES string of the molecule is Cc1ccc(NS(=O)(=O)c2ccc(C(=O)Nc3cn[nH]c3)cc2)cc1. The first-order chi connectivity index (χ1) is 11.9. The van der Waals surface area contributed by atoms with E-state index in [-0.39, 0.29) is 10.8 Å². The Hall–Kier alpha value is -3.13. The molecule has 0 spiro atoms. The number of anilines is 2. The molecule has 0 unspecified atom stereocenters. The van der Waals surface area contributed by atoms with Gasteiger partial charge in [0.05, 0.1) is 16.8 Å². The zero-order valence-corrected chi connectivity index (χ0v) is 14.2. The summed E-state index contributed by atoms with van der Waals surface area (Å²) in [5, 5.41) is 8.97. The summed E-state index contributed by atoms with van der Waals surface area (Å²) < 4.78 is 27.3. The molecule has 0 saturated heterocycles. The van der Waals surface area contributed by atoms with Gasteiger partial charge in [0.25, 0.3) is 15.9 Å². The monoisotopic (exact) mass is 356 g/mol. The number of H-pyrrole nitrogens is 1. The van der Waals surface area contributed by atoms with E-state index in [1.165, 1.54) is 30.5 Å². The van der Waals surface area contributed by atoms with Gasteiger partial charge in [-0.05, 0) is 43.3 Å². The van der Waals surface area contributed by atoms with Gasteiger partial charge in [-0.25, -0.2) is 8.42 Å². The second-order valence-electron chi connectivity index (χ2n) is 5.44. The Kier molecular flexibility index (Phi) is 4.53. The maximum atomic E-state index is 12.4. The normalized spacial score (nSPS) is 11.1. The van der Waals surface area contributed by atoms with Gasteiger partial charge in [0.1, 0.15) is 0 Å². The van der Waals surface area contributed by atoms with Gasteiger partial charge in [0.15, 0.2) is 0 Å². The molecule has 2 aromatic carbocycles. The average molecular weight is 356 g/mol. The molecule has 8 heteroatoms. The first-order valence-electron chi connectivity index (χ1n) is 7.44. The topological polar surface area (TPSA) is 104 Å². The molecule has 128 valence electrons. The summed E-state index contributed by atoms with van der Waals surface area (Å²) in [7, 11) is -3.72. The second-order valence-corrected chi connectivity index (χ2v) is 7.12. The molecule has 0 aliphatic rings. The van der Waals surface area contributed by atoms with Gasteiger partial charge in [-0.3, -0.25) is 14.6 Å². The molecule has 3 rings (SSSR count). The number of carbonyl (C=O) groups is 1. The molecule has 1 amide bonds.